The Labute approximate surface area is 175 Å². The zero-order chi connectivity index (χ0) is 21.1. The van der Waals surface area contributed by atoms with Crippen molar-refractivity contribution in [2.75, 3.05) is 32.2 Å². The van der Waals surface area contributed by atoms with E-state index in [0.717, 1.165) is 53.7 Å². The molecular formula is C22H27N5O3. The molecule has 1 aliphatic rings. The SMILES string of the molecule is COc1ccc(OC)c(CNC(=O)[C@H]2CCCN(c3nnc4cccc(C)n34)C2)c1. The lowest BCUT2D eigenvalue weighted by molar-refractivity contribution is -0.125. The standard InChI is InChI=1S/C22H27N5O3/c1-15-6-4-8-20-24-25-22(27(15)20)26-11-5-7-16(14-26)21(28)23-13-17-12-18(29-2)9-10-19(17)30-3/h4,6,8-10,12,16H,5,7,11,13-14H2,1-3H3,(H,23,28)/t16-/m0/s1. The summed E-state index contributed by atoms with van der Waals surface area (Å²) < 4.78 is 12.7. The van der Waals surface area contributed by atoms with Gasteiger partial charge in [-0.25, -0.2) is 0 Å². The van der Waals surface area contributed by atoms with Crippen LogP contribution in [-0.2, 0) is 11.3 Å². The van der Waals surface area contributed by atoms with Crippen LogP contribution in [0.25, 0.3) is 5.65 Å². The number of benzene rings is 1. The summed E-state index contributed by atoms with van der Waals surface area (Å²) >= 11 is 0. The first kappa shape index (κ1) is 20.0. The molecule has 1 amide bonds. The van der Waals surface area contributed by atoms with E-state index in [4.69, 9.17) is 9.47 Å². The molecule has 1 atom stereocenters. The van der Waals surface area contributed by atoms with E-state index in [1.54, 1.807) is 14.2 Å². The van der Waals surface area contributed by atoms with Gasteiger partial charge >= 0.3 is 0 Å². The average molecular weight is 409 g/mol. The van der Waals surface area contributed by atoms with E-state index in [1.807, 2.05) is 47.7 Å². The van der Waals surface area contributed by atoms with Crippen molar-refractivity contribution in [3.63, 3.8) is 0 Å². The molecule has 0 aliphatic carbocycles. The molecule has 0 bridgehead atoms. The lowest BCUT2D eigenvalue weighted by atomic mass is 9.97. The Morgan fingerprint density at radius 3 is 2.87 bits per heavy atom. The van der Waals surface area contributed by atoms with Gasteiger partial charge in [0.15, 0.2) is 5.65 Å². The van der Waals surface area contributed by atoms with Gasteiger partial charge in [-0.3, -0.25) is 9.20 Å². The van der Waals surface area contributed by atoms with E-state index < -0.39 is 0 Å². The molecule has 1 saturated heterocycles. The van der Waals surface area contributed by atoms with Crippen LogP contribution >= 0.6 is 0 Å². The molecule has 0 unspecified atom stereocenters. The minimum atomic E-state index is -0.105. The molecule has 158 valence electrons. The van der Waals surface area contributed by atoms with Gasteiger partial charge in [-0.2, -0.15) is 0 Å². The van der Waals surface area contributed by atoms with Crippen LogP contribution in [0.5, 0.6) is 11.5 Å². The summed E-state index contributed by atoms with van der Waals surface area (Å²) in [6.45, 7) is 3.91. The van der Waals surface area contributed by atoms with Gasteiger partial charge in [-0.15, -0.1) is 10.2 Å². The van der Waals surface area contributed by atoms with Gasteiger partial charge in [-0.1, -0.05) is 6.07 Å². The van der Waals surface area contributed by atoms with Crippen LogP contribution in [0.3, 0.4) is 0 Å². The molecule has 1 fully saturated rings. The normalized spacial score (nSPS) is 16.5. The van der Waals surface area contributed by atoms with Crippen LogP contribution in [0.2, 0.25) is 0 Å². The second-order valence-electron chi connectivity index (χ2n) is 7.54. The van der Waals surface area contributed by atoms with Crippen LogP contribution in [0.1, 0.15) is 24.1 Å². The van der Waals surface area contributed by atoms with Gasteiger partial charge in [0.25, 0.3) is 0 Å². The number of anilines is 1. The number of aryl methyl sites for hydroxylation is 1. The number of pyridine rings is 1. The summed E-state index contributed by atoms with van der Waals surface area (Å²) in [5, 5.41) is 11.7. The van der Waals surface area contributed by atoms with Crippen molar-refractivity contribution >= 4 is 17.5 Å². The summed E-state index contributed by atoms with van der Waals surface area (Å²) in [5.41, 5.74) is 2.78. The molecule has 3 heterocycles. The van der Waals surface area contributed by atoms with Crippen molar-refractivity contribution in [2.24, 2.45) is 5.92 Å². The summed E-state index contributed by atoms with van der Waals surface area (Å²) in [6.07, 6.45) is 1.79. The molecule has 1 N–H and O–H groups in total. The molecule has 0 saturated carbocycles. The molecule has 2 aromatic heterocycles. The van der Waals surface area contributed by atoms with E-state index >= 15 is 0 Å². The summed E-state index contributed by atoms with van der Waals surface area (Å²) in [5.74, 6) is 2.20. The number of carbonyl (C=O) groups is 1. The van der Waals surface area contributed by atoms with Crippen molar-refractivity contribution in [3.8, 4) is 11.5 Å². The molecule has 3 aromatic rings. The lowest BCUT2D eigenvalue weighted by Crippen LogP contribution is -2.43. The highest BCUT2D eigenvalue weighted by Crippen LogP contribution is 2.26. The fourth-order valence-electron chi connectivity index (χ4n) is 4.01. The van der Waals surface area contributed by atoms with Crippen LogP contribution in [0, 0.1) is 12.8 Å². The zero-order valence-electron chi connectivity index (χ0n) is 17.6. The highest BCUT2D eigenvalue weighted by Gasteiger charge is 2.28. The molecule has 0 radical (unpaired) electrons. The number of hydrogen-bond donors (Lipinski definition) is 1. The molecule has 1 aliphatic heterocycles. The number of carbonyl (C=O) groups excluding carboxylic acids is 1. The summed E-state index contributed by atoms with van der Waals surface area (Å²) in [6, 6.07) is 11.5. The van der Waals surface area contributed by atoms with E-state index in [0.29, 0.717) is 13.1 Å². The molecular weight excluding hydrogens is 382 g/mol. The maximum Gasteiger partial charge on any atom is 0.231 e. The molecule has 4 rings (SSSR count). The van der Waals surface area contributed by atoms with Crippen molar-refractivity contribution in [3.05, 3.63) is 47.7 Å². The predicted molar refractivity (Wildman–Crippen MR) is 114 cm³/mol. The van der Waals surface area contributed by atoms with Gasteiger partial charge in [0.1, 0.15) is 11.5 Å². The van der Waals surface area contributed by atoms with Gasteiger partial charge in [0, 0.05) is 30.9 Å². The number of ether oxygens (including phenoxy) is 2. The molecule has 8 nitrogen and oxygen atoms in total. The molecule has 0 spiro atoms. The van der Waals surface area contributed by atoms with E-state index in [-0.39, 0.29) is 11.8 Å². The Kier molecular flexibility index (Phi) is 5.74. The van der Waals surface area contributed by atoms with Gasteiger partial charge < -0.3 is 19.7 Å². The van der Waals surface area contributed by atoms with Crippen molar-refractivity contribution < 1.29 is 14.3 Å². The van der Waals surface area contributed by atoms with Crippen molar-refractivity contribution in [2.45, 2.75) is 26.3 Å². The van der Waals surface area contributed by atoms with Gasteiger partial charge in [0.05, 0.1) is 20.1 Å². The van der Waals surface area contributed by atoms with Crippen LogP contribution in [-0.4, -0.2) is 47.8 Å². The Hall–Kier alpha value is -3.29. The van der Waals surface area contributed by atoms with Crippen molar-refractivity contribution in [1.82, 2.24) is 19.9 Å². The molecule has 8 heteroatoms. The van der Waals surface area contributed by atoms with Crippen LogP contribution in [0.15, 0.2) is 36.4 Å². The van der Waals surface area contributed by atoms with Crippen LogP contribution in [0.4, 0.5) is 5.95 Å². The fourth-order valence-corrected chi connectivity index (χ4v) is 4.01. The Morgan fingerprint density at radius 2 is 2.07 bits per heavy atom. The number of aromatic nitrogens is 3. The Balaban J connectivity index is 1.45. The molecule has 1 aromatic carbocycles. The monoisotopic (exact) mass is 409 g/mol. The minimum absolute atomic E-state index is 0.0371. The molecule has 30 heavy (non-hydrogen) atoms. The third kappa shape index (κ3) is 3.90. The Morgan fingerprint density at radius 1 is 1.20 bits per heavy atom. The minimum Gasteiger partial charge on any atom is -0.497 e. The highest BCUT2D eigenvalue weighted by atomic mass is 16.5. The average Bonchev–Trinajstić information content (AvgIpc) is 3.23. The number of nitrogens with one attached hydrogen (secondary N) is 1. The lowest BCUT2D eigenvalue weighted by Gasteiger charge is -2.32. The number of fused-ring (bicyclic) bond motifs is 1. The highest BCUT2D eigenvalue weighted by molar-refractivity contribution is 5.79. The number of hydrogen-bond acceptors (Lipinski definition) is 6. The largest absolute Gasteiger partial charge is 0.497 e. The predicted octanol–water partition coefficient (Wildman–Crippen LogP) is 2.59. The van der Waals surface area contributed by atoms with Gasteiger partial charge in [0.2, 0.25) is 11.9 Å². The third-order valence-corrected chi connectivity index (χ3v) is 5.62. The maximum atomic E-state index is 12.9. The van der Waals surface area contributed by atoms with Crippen molar-refractivity contribution in [1.29, 1.82) is 0 Å². The number of amides is 1. The first-order chi connectivity index (χ1) is 14.6. The summed E-state index contributed by atoms with van der Waals surface area (Å²) in [4.78, 5) is 15.1. The fraction of sp³-hybridized carbons (Fsp3) is 0.409. The number of nitrogens with zero attached hydrogens (tertiary/aromatic N) is 4. The number of methoxy groups -OCH3 is 2. The second-order valence-corrected chi connectivity index (χ2v) is 7.54. The van der Waals surface area contributed by atoms with Gasteiger partial charge in [-0.05, 0) is 50.1 Å². The zero-order valence-corrected chi connectivity index (χ0v) is 17.6. The smallest absolute Gasteiger partial charge is 0.231 e. The quantitative estimate of drug-likeness (QED) is 0.674. The van der Waals surface area contributed by atoms with E-state index in [2.05, 4.69) is 20.4 Å². The first-order valence-corrected chi connectivity index (χ1v) is 10.1. The number of piperidine rings is 1. The van der Waals surface area contributed by atoms with Crippen LogP contribution < -0.4 is 19.7 Å². The Bertz CT molecular complexity index is 1050. The van der Waals surface area contributed by atoms with E-state index in [1.165, 1.54) is 0 Å². The second kappa shape index (κ2) is 8.61. The third-order valence-electron chi connectivity index (χ3n) is 5.62. The van der Waals surface area contributed by atoms with E-state index in [9.17, 15) is 4.79 Å². The number of rotatable bonds is 6. The maximum absolute atomic E-state index is 12.9. The summed E-state index contributed by atoms with van der Waals surface area (Å²) in [7, 11) is 3.24. The topological polar surface area (TPSA) is 81.0 Å². The first-order valence-electron chi connectivity index (χ1n) is 10.1.